The molecule has 0 saturated heterocycles. The topological polar surface area (TPSA) is 19.4 Å². The Balaban J connectivity index is 2.08. The Morgan fingerprint density at radius 1 is 1.16 bits per heavy atom. The lowest BCUT2D eigenvalue weighted by Gasteiger charge is -2.38. The van der Waals surface area contributed by atoms with Crippen molar-refractivity contribution in [2.75, 3.05) is 11.6 Å². The van der Waals surface area contributed by atoms with Gasteiger partial charge in [0, 0.05) is 12.4 Å². The quantitative estimate of drug-likeness (QED) is 0.831. The van der Waals surface area contributed by atoms with E-state index < -0.39 is 0 Å². The van der Waals surface area contributed by atoms with Gasteiger partial charge in [0.2, 0.25) is 0 Å². The number of rotatable bonds is 3. The molecule has 0 aliphatic carbocycles. The SMILES string of the molecule is Cc1cccc(N(c2ncccc2C)N2C=CC2)c1. The summed E-state index contributed by atoms with van der Waals surface area (Å²) in [6, 6.07) is 12.6. The van der Waals surface area contributed by atoms with Crippen molar-refractivity contribution < 1.29 is 0 Å². The zero-order valence-corrected chi connectivity index (χ0v) is 11.2. The first-order chi connectivity index (χ1) is 9.25. The van der Waals surface area contributed by atoms with Gasteiger partial charge in [0.05, 0.1) is 12.2 Å². The Hall–Kier alpha value is -2.29. The van der Waals surface area contributed by atoms with Crippen molar-refractivity contribution in [3.05, 3.63) is 66.0 Å². The van der Waals surface area contributed by atoms with E-state index in [1.807, 2.05) is 12.3 Å². The maximum Gasteiger partial charge on any atom is 0.154 e. The summed E-state index contributed by atoms with van der Waals surface area (Å²) in [6.45, 7) is 5.12. The van der Waals surface area contributed by atoms with Gasteiger partial charge in [-0.15, -0.1) is 0 Å². The van der Waals surface area contributed by atoms with Crippen LogP contribution in [0, 0.1) is 13.8 Å². The molecule has 19 heavy (non-hydrogen) atoms. The number of hydrazine groups is 1. The molecule has 0 radical (unpaired) electrons. The Morgan fingerprint density at radius 3 is 2.63 bits per heavy atom. The van der Waals surface area contributed by atoms with Crippen LogP contribution in [0.3, 0.4) is 0 Å². The fourth-order valence-electron chi connectivity index (χ4n) is 2.20. The summed E-state index contributed by atoms with van der Waals surface area (Å²) >= 11 is 0. The van der Waals surface area contributed by atoms with Gasteiger partial charge in [0.1, 0.15) is 0 Å². The van der Waals surface area contributed by atoms with E-state index in [1.54, 1.807) is 0 Å². The van der Waals surface area contributed by atoms with Crippen molar-refractivity contribution in [2.24, 2.45) is 0 Å². The number of benzene rings is 1. The molecule has 1 aromatic heterocycles. The number of aromatic nitrogens is 1. The monoisotopic (exact) mass is 251 g/mol. The Morgan fingerprint density at radius 2 is 2.00 bits per heavy atom. The van der Waals surface area contributed by atoms with Crippen LogP contribution in [0.2, 0.25) is 0 Å². The highest BCUT2D eigenvalue weighted by atomic mass is 15.6. The van der Waals surface area contributed by atoms with E-state index in [1.165, 1.54) is 11.1 Å². The highest BCUT2D eigenvalue weighted by Gasteiger charge is 2.20. The smallest absolute Gasteiger partial charge is 0.154 e. The van der Waals surface area contributed by atoms with Gasteiger partial charge < -0.3 is 0 Å². The predicted octanol–water partition coefficient (Wildman–Crippen LogP) is 3.58. The first-order valence-corrected chi connectivity index (χ1v) is 6.47. The minimum atomic E-state index is 0.921. The highest BCUT2D eigenvalue weighted by Crippen LogP contribution is 2.30. The average molecular weight is 251 g/mol. The van der Waals surface area contributed by atoms with Crippen molar-refractivity contribution in [1.82, 2.24) is 9.99 Å². The molecule has 1 aliphatic rings. The summed E-state index contributed by atoms with van der Waals surface area (Å²) in [4.78, 5) is 4.54. The minimum absolute atomic E-state index is 0.921. The number of aryl methyl sites for hydroxylation is 2. The molecule has 0 spiro atoms. The van der Waals surface area contributed by atoms with E-state index in [-0.39, 0.29) is 0 Å². The molecule has 1 aliphatic heterocycles. The van der Waals surface area contributed by atoms with Crippen LogP contribution in [0.5, 0.6) is 0 Å². The van der Waals surface area contributed by atoms with E-state index in [0.717, 1.165) is 18.1 Å². The second-order valence-electron chi connectivity index (χ2n) is 4.80. The maximum atomic E-state index is 4.54. The van der Waals surface area contributed by atoms with Gasteiger partial charge >= 0.3 is 0 Å². The van der Waals surface area contributed by atoms with Crippen LogP contribution in [0.25, 0.3) is 0 Å². The molecule has 1 aromatic carbocycles. The number of nitrogens with zero attached hydrogens (tertiary/aromatic N) is 3. The molecule has 2 aromatic rings. The second kappa shape index (κ2) is 4.76. The van der Waals surface area contributed by atoms with E-state index in [9.17, 15) is 0 Å². The van der Waals surface area contributed by atoms with Crippen LogP contribution in [0.15, 0.2) is 54.9 Å². The molecule has 3 nitrogen and oxygen atoms in total. The van der Waals surface area contributed by atoms with Crippen LogP contribution in [-0.2, 0) is 0 Å². The molecule has 0 amide bonds. The first-order valence-electron chi connectivity index (χ1n) is 6.47. The van der Waals surface area contributed by atoms with E-state index in [2.05, 4.69) is 71.5 Å². The van der Waals surface area contributed by atoms with Gasteiger partial charge in [-0.2, -0.15) is 0 Å². The third-order valence-electron chi connectivity index (χ3n) is 3.26. The molecule has 3 heteroatoms. The third-order valence-corrected chi connectivity index (χ3v) is 3.26. The summed E-state index contributed by atoms with van der Waals surface area (Å²) in [5.74, 6) is 0.984. The lowest BCUT2D eigenvalue weighted by atomic mass is 10.2. The fraction of sp³-hybridized carbons (Fsp3) is 0.188. The average Bonchev–Trinajstić information content (AvgIpc) is 2.35. The molecule has 0 saturated carbocycles. The lowest BCUT2D eigenvalue weighted by molar-refractivity contribution is 0.379. The van der Waals surface area contributed by atoms with E-state index in [0.29, 0.717) is 0 Å². The van der Waals surface area contributed by atoms with Crippen LogP contribution >= 0.6 is 0 Å². The molecule has 2 heterocycles. The Kier molecular flexibility index (Phi) is 2.95. The predicted molar refractivity (Wildman–Crippen MR) is 78.1 cm³/mol. The first kappa shape index (κ1) is 11.8. The summed E-state index contributed by atoms with van der Waals surface area (Å²) in [7, 11) is 0. The van der Waals surface area contributed by atoms with Crippen molar-refractivity contribution >= 4 is 11.5 Å². The van der Waals surface area contributed by atoms with Gasteiger partial charge in [-0.1, -0.05) is 18.2 Å². The molecular weight excluding hydrogens is 234 g/mol. The van der Waals surface area contributed by atoms with Gasteiger partial charge in [0.25, 0.3) is 0 Å². The number of hydrogen-bond donors (Lipinski definition) is 0. The zero-order chi connectivity index (χ0) is 13.2. The fourth-order valence-corrected chi connectivity index (χ4v) is 2.20. The van der Waals surface area contributed by atoms with Crippen LogP contribution < -0.4 is 5.01 Å². The van der Waals surface area contributed by atoms with Crippen molar-refractivity contribution in [3.63, 3.8) is 0 Å². The van der Waals surface area contributed by atoms with Crippen LogP contribution in [-0.4, -0.2) is 16.5 Å². The molecule has 0 unspecified atom stereocenters. The lowest BCUT2D eigenvalue weighted by Crippen LogP contribution is -2.40. The van der Waals surface area contributed by atoms with Crippen molar-refractivity contribution in [2.45, 2.75) is 13.8 Å². The number of hydrogen-bond acceptors (Lipinski definition) is 3. The van der Waals surface area contributed by atoms with Gasteiger partial charge in [-0.3, -0.25) is 5.01 Å². The zero-order valence-electron chi connectivity index (χ0n) is 11.2. The third kappa shape index (κ3) is 2.19. The summed E-state index contributed by atoms with van der Waals surface area (Å²) in [5, 5.41) is 4.34. The Labute approximate surface area is 113 Å². The summed E-state index contributed by atoms with van der Waals surface area (Å²) < 4.78 is 0. The van der Waals surface area contributed by atoms with Gasteiger partial charge in [-0.05, 0) is 49.2 Å². The van der Waals surface area contributed by atoms with E-state index >= 15 is 0 Å². The normalized spacial score (nSPS) is 13.3. The summed E-state index contributed by atoms with van der Waals surface area (Å²) in [6.07, 6.45) is 6.06. The standard InChI is InChI=1S/C16H17N3/c1-13-6-3-8-15(12-13)19(18-10-5-11-18)16-14(2)7-4-9-17-16/h3-10,12H,11H2,1-2H3. The second-order valence-corrected chi connectivity index (χ2v) is 4.80. The van der Waals surface area contributed by atoms with Crippen LogP contribution in [0.4, 0.5) is 11.5 Å². The molecule has 0 atom stereocenters. The largest absolute Gasteiger partial charge is 0.283 e. The molecule has 0 N–H and O–H groups in total. The minimum Gasteiger partial charge on any atom is -0.283 e. The van der Waals surface area contributed by atoms with Gasteiger partial charge in [0.15, 0.2) is 5.82 Å². The van der Waals surface area contributed by atoms with E-state index in [4.69, 9.17) is 0 Å². The molecule has 3 rings (SSSR count). The number of pyridine rings is 1. The highest BCUT2D eigenvalue weighted by molar-refractivity contribution is 5.62. The molecule has 0 fully saturated rings. The molecular formula is C16H17N3. The molecule has 0 bridgehead atoms. The summed E-state index contributed by atoms with van der Waals surface area (Å²) in [5.41, 5.74) is 3.57. The Bertz CT molecular complexity index is 619. The maximum absolute atomic E-state index is 4.54. The van der Waals surface area contributed by atoms with Crippen molar-refractivity contribution in [1.29, 1.82) is 0 Å². The van der Waals surface area contributed by atoms with Crippen molar-refractivity contribution in [3.8, 4) is 0 Å². The van der Waals surface area contributed by atoms with Crippen LogP contribution in [0.1, 0.15) is 11.1 Å². The van der Waals surface area contributed by atoms with Gasteiger partial charge in [-0.25, -0.2) is 9.99 Å². The number of anilines is 2. The molecule has 96 valence electrons.